The highest BCUT2D eigenvalue weighted by Crippen LogP contribution is 2.10. The molecule has 1 heterocycles. The molecule has 1 aromatic rings. The predicted octanol–water partition coefficient (Wildman–Crippen LogP) is 1.81. The standard InChI is InChI=1S/C9H15NOS/c1-10(2)6-5-8-3-4-9(7-12)11-8/h3-4,12H,5-7H2,1-2H3. The third kappa shape index (κ3) is 2.91. The number of nitrogens with zero attached hydrogens (tertiary/aromatic N) is 1. The Morgan fingerprint density at radius 2 is 2.00 bits per heavy atom. The Kier molecular flexibility index (Phi) is 3.69. The van der Waals surface area contributed by atoms with Gasteiger partial charge in [-0.05, 0) is 26.2 Å². The van der Waals surface area contributed by atoms with E-state index in [0.717, 1.165) is 24.5 Å². The maximum Gasteiger partial charge on any atom is 0.113 e. The van der Waals surface area contributed by atoms with E-state index in [-0.39, 0.29) is 0 Å². The first-order valence-electron chi connectivity index (χ1n) is 4.05. The lowest BCUT2D eigenvalue weighted by Gasteiger charge is -2.06. The minimum Gasteiger partial charge on any atom is -0.465 e. The smallest absolute Gasteiger partial charge is 0.113 e. The first-order valence-corrected chi connectivity index (χ1v) is 4.69. The average Bonchev–Trinajstić information content (AvgIpc) is 2.48. The zero-order valence-electron chi connectivity index (χ0n) is 7.58. The van der Waals surface area contributed by atoms with E-state index >= 15 is 0 Å². The number of thiol groups is 1. The second kappa shape index (κ2) is 4.58. The summed E-state index contributed by atoms with van der Waals surface area (Å²) < 4.78 is 5.48. The summed E-state index contributed by atoms with van der Waals surface area (Å²) in [6, 6.07) is 4.01. The van der Waals surface area contributed by atoms with Gasteiger partial charge in [0.25, 0.3) is 0 Å². The minimum atomic E-state index is 0.683. The van der Waals surface area contributed by atoms with Gasteiger partial charge in [0.2, 0.25) is 0 Å². The normalized spacial score (nSPS) is 11.0. The van der Waals surface area contributed by atoms with E-state index in [9.17, 15) is 0 Å². The van der Waals surface area contributed by atoms with Crippen LogP contribution in [0.2, 0.25) is 0 Å². The topological polar surface area (TPSA) is 16.4 Å². The fourth-order valence-electron chi connectivity index (χ4n) is 0.975. The van der Waals surface area contributed by atoms with Crippen molar-refractivity contribution in [1.29, 1.82) is 0 Å². The molecule has 0 spiro atoms. The van der Waals surface area contributed by atoms with E-state index in [0.29, 0.717) is 5.75 Å². The van der Waals surface area contributed by atoms with Crippen LogP contribution in [0.4, 0.5) is 0 Å². The van der Waals surface area contributed by atoms with Crippen LogP contribution in [0.5, 0.6) is 0 Å². The molecule has 0 atom stereocenters. The average molecular weight is 185 g/mol. The van der Waals surface area contributed by atoms with Crippen molar-refractivity contribution >= 4 is 12.6 Å². The molecule has 1 rings (SSSR count). The lowest BCUT2D eigenvalue weighted by Crippen LogP contribution is -2.14. The van der Waals surface area contributed by atoms with Crippen molar-refractivity contribution in [2.75, 3.05) is 20.6 Å². The quantitative estimate of drug-likeness (QED) is 0.720. The number of hydrogen-bond donors (Lipinski definition) is 1. The SMILES string of the molecule is CN(C)CCc1ccc(CS)o1. The second-order valence-corrected chi connectivity index (χ2v) is 3.40. The van der Waals surface area contributed by atoms with Gasteiger partial charge in [0.1, 0.15) is 11.5 Å². The maximum atomic E-state index is 5.48. The lowest BCUT2D eigenvalue weighted by atomic mass is 10.3. The Labute approximate surface area is 79.0 Å². The minimum absolute atomic E-state index is 0.683. The van der Waals surface area contributed by atoms with E-state index in [1.54, 1.807) is 0 Å². The molecule has 0 aliphatic heterocycles. The Morgan fingerprint density at radius 1 is 1.33 bits per heavy atom. The Hall–Kier alpha value is -0.410. The third-order valence-corrected chi connectivity index (χ3v) is 1.99. The molecular weight excluding hydrogens is 170 g/mol. The third-order valence-electron chi connectivity index (χ3n) is 1.68. The largest absolute Gasteiger partial charge is 0.465 e. The van der Waals surface area contributed by atoms with Gasteiger partial charge in [0, 0.05) is 18.7 Å². The van der Waals surface area contributed by atoms with Crippen molar-refractivity contribution in [2.24, 2.45) is 0 Å². The van der Waals surface area contributed by atoms with Gasteiger partial charge in [0.05, 0.1) is 0 Å². The van der Waals surface area contributed by atoms with E-state index in [4.69, 9.17) is 4.42 Å². The van der Waals surface area contributed by atoms with Gasteiger partial charge in [-0.2, -0.15) is 12.6 Å². The summed E-state index contributed by atoms with van der Waals surface area (Å²) in [5.74, 6) is 2.68. The first kappa shape index (κ1) is 9.68. The zero-order valence-corrected chi connectivity index (χ0v) is 8.47. The number of rotatable bonds is 4. The van der Waals surface area contributed by atoms with Gasteiger partial charge >= 0.3 is 0 Å². The van der Waals surface area contributed by atoms with Crippen LogP contribution in [0.1, 0.15) is 11.5 Å². The Balaban J connectivity index is 2.41. The van der Waals surface area contributed by atoms with Crippen LogP contribution in [0.25, 0.3) is 0 Å². The molecule has 2 nitrogen and oxygen atoms in total. The van der Waals surface area contributed by atoms with Gasteiger partial charge < -0.3 is 9.32 Å². The molecule has 1 aromatic heterocycles. The molecule has 0 aliphatic carbocycles. The van der Waals surface area contributed by atoms with E-state index in [1.165, 1.54) is 0 Å². The molecule has 0 amide bonds. The van der Waals surface area contributed by atoms with Crippen molar-refractivity contribution < 1.29 is 4.42 Å². The van der Waals surface area contributed by atoms with Crippen molar-refractivity contribution in [1.82, 2.24) is 4.90 Å². The Bertz CT molecular complexity index is 232. The highest BCUT2D eigenvalue weighted by molar-refractivity contribution is 7.79. The van der Waals surface area contributed by atoms with Crippen LogP contribution in [0.15, 0.2) is 16.5 Å². The molecule has 12 heavy (non-hydrogen) atoms. The van der Waals surface area contributed by atoms with Crippen LogP contribution in [-0.2, 0) is 12.2 Å². The van der Waals surface area contributed by atoms with Crippen molar-refractivity contribution in [3.63, 3.8) is 0 Å². The summed E-state index contributed by atoms with van der Waals surface area (Å²) >= 11 is 4.13. The van der Waals surface area contributed by atoms with E-state index < -0.39 is 0 Å². The zero-order chi connectivity index (χ0) is 8.97. The van der Waals surface area contributed by atoms with Crippen LogP contribution < -0.4 is 0 Å². The molecular formula is C9H15NOS. The fraction of sp³-hybridized carbons (Fsp3) is 0.556. The van der Waals surface area contributed by atoms with Gasteiger partial charge in [-0.25, -0.2) is 0 Å². The van der Waals surface area contributed by atoms with Crippen LogP contribution in [0, 0.1) is 0 Å². The molecule has 0 N–H and O–H groups in total. The van der Waals surface area contributed by atoms with Gasteiger partial charge in [-0.1, -0.05) is 0 Å². The molecule has 0 saturated carbocycles. The first-order chi connectivity index (χ1) is 5.72. The number of hydrogen-bond acceptors (Lipinski definition) is 3. The van der Waals surface area contributed by atoms with Gasteiger partial charge in [-0.15, -0.1) is 0 Å². The van der Waals surface area contributed by atoms with Crippen LogP contribution >= 0.6 is 12.6 Å². The molecule has 0 saturated heterocycles. The summed E-state index contributed by atoms with van der Waals surface area (Å²) in [4.78, 5) is 2.14. The summed E-state index contributed by atoms with van der Waals surface area (Å²) in [7, 11) is 4.12. The predicted molar refractivity (Wildman–Crippen MR) is 53.7 cm³/mol. The molecule has 0 aromatic carbocycles. The van der Waals surface area contributed by atoms with Crippen LogP contribution in [0.3, 0.4) is 0 Å². The van der Waals surface area contributed by atoms with Crippen molar-refractivity contribution in [2.45, 2.75) is 12.2 Å². The lowest BCUT2D eigenvalue weighted by molar-refractivity contribution is 0.385. The van der Waals surface area contributed by atoms with Gasteiger partial charge in [0.15, 0.2) is 0 Å². The van der Waals surface area contributed by atoms with Crippen molar-refractivity contribution in [3.8, 4) is 0 Å². The summed E-state index contributed by atoms with van der Waals surface area (Å²) in [6.07, 6.45) is 0.973. The summed E-state index contributed by atoms with van der Waals surface area (Å²) in [5.41, 5.74) is 0. The molecule has 0 fully saturated rings. The fourth-order valence-corrected chi connectivity index (χ4v) is 1.15. The highest BCUT2D eigenvalue weighted by atomic mass is 32.1. The summed E-state index contributed by atoms with van der Waals surface area (Å²) in [6.45, 7) is 1.03. The molecule has 0 radical (unpaired) electrons. The number of likely N-dealkylation sites (N-methyl/N-ethyl adjacent to an activating group) is 1. The van der Waals surface area contributed by atoms with Crippen LogP contribution in [-0.4, -0.2) is 25.5 Å². The maximum absolute atomic E-state index is 5.48. The molecule has 68 valence electrons. The molecule has 0 bridgehead atoms. The highest BCUT2D eigenvalue weighted by Gasteiger charge is 2.00. The number of furan rings is 1. The summed E-state index contributed by atoms with van der Waals surface area (Å²) in [5, 5.41) is 0. The monoisotopic (exact) mass is 185 g/mol. The van der Waals surface area contributed by atoms with E-state index in [2.05, 4.69) is 31.6 Å². The van der Waals surface area contributed by atoms with Crippen molar-refractivity contribution in [3.05, 3.63) is 23.7 Å². The Morgan fingerprint density at radius 3 is 2.50 bits per heavy atom. The van der Waals surface area contributed by atoms with Gasteiger partial charge in [-0.3, -0.25) is 0 Å². The van der Waals surface area contributed by atoms with E-state index in [1.807, 2.05) is 12.1 Å². The molecule has 3 heteroatoms. The molecule has 0 unspecified atom stereocenters. The molecule has 0 aliphatic rings. The second-order valence-electron chi connectivity index (χ2n) is 3.08.